The van der Waals surface area contributed by atoms with Crippen LogP contribution in [0.25, 0.3) is 0 Å². The quantitative estimate of drug-likeness (QED) is 0.342. The Labute approximate surface area is 248 Å². The molecule has 3 saturated carbocycles. The molecule has 0 spiro atoms. The third-order valence-corrected chi connectivity index (χ3v) is 11.2. The second kappa shape index (κ2) is 12.4. The van der Waals surface area contributed by atoms with Gasteiger partial charge in [-0.3, -0.25) is 9.59 Å². The number of amides is 1. The molecule has 1 amide bonds. The molecular weight excluding hydrogens is 535 g/mol. The minimum absolute atomic E-state index is 0.0167. The number of aromatic nitrogens is 2. The molecule has 9 nitrogen and oxygen atoms in total. The van der Waals surface area contributed by atoms with Crippen molar-refractivity contribution >= 4 is 11.7 Å². The molecular formula is C32H47FN6O3. The number of nitrogens with zero attached hydrogens (tertiary/aromatic N) is 4. The first-order chi connectivity index (χ1) is 20.6. The van der Waals surface area contributed by atoms with Crippen LogP contribution in [0.15, 0.2) is 30.5 Å². The first kappa shape index (κ1) is 28.5. The SMILES string of the molecule is O=C(NCCCn1ccnc1)C1=CN2C3CCC4CCCCC4C3OC3C(NCCN4CCCC4)C(F)CC(C1=O)C32. The van der Waals surface area contributed by atoms with Crippen LogP contribution in [0.4, 0.5) is 4.39 Å². The Bertz CT molecular complexity index is 1140. The van der Waals surface area contributed by atoms with E-state index < -0.39 is 24.2 Å². The molecule has 0 radical (unpaired) electrons. The number of morpholine rings is 1. The fourth-order valence-electron chi connectivity index (χ4n) is 9.14. The van der Waals surface area contributed by atoms with E-state index in [1.54, 1.807) is 12.5 Å². The van der Waals surface area contributed by atoms with Gasteiger partial charge in [0.1, 0.15) is 6.17 Å². The van der Waals surface area contributed by atoms with Crippen molar-refractivity contribution in [1.29, 1.82) is 0 Å². The Morgan fingerprint density at radius 1 is 1.05 bits per heavy atom. The maximum Gasteiger partial charge on any atom is 0.256 e. The predicted octanol–water partition coefficient (Wildman–Crippen LogP) is 2.67. The van der Waals surface area contributed by atoms with E-state index in [9.17, 15) is 9.59 Å². The molecule has 230 valence electrons. The Kier molecular flexibility index (Phi) is 8.38. The summed E-state index contributed by atoms with van der Waals surface area (Å²) in [6.45, 7) is 5.07. The topological polar surface area (TPSA) is 91.7 Å². The van der Waals surface area contributed by atoms with Crippen LogP contribution in [0.5, 0.6) is 0 Å². The molecule has 3 aliphatic carbocycles. The smallest absolute Gasteiger partial charge is 0.256 e. The summed E-state index contributed by atoms with van der Waals surface area (Å²) in [5, 5.41) is 6.54. The summed E-state index contributed by atoms with van der Waals surface area (Å²) in [5.41, 5.74) is 0.191. The molecule has 2 saturated heterocycles. The van der Waals surface area contributed by atoms with Gasteiger partial charge in [0.25, 0.3) is 5.91 Å². The first-order valence-corrected chi connectivity index (χ1v) is 16.6. The van der Waals surface area contributed by atoms with Crippen molar-refractivity contribution < 1.29 is 18.7 Å². The lowest BCUT2D eigenvalue weighted by atomic mass is 9.64. The fourth-order valence-corrected chi connectivity index (χ4v) is 9.14. The van der Waals surface area contributed by atoms with E-state index in [0.29, 0.717) is 18.4 Å². The average molecular weight is 583 g/mol. The van der Waals surface area contributed by atoms with E-state index in [0.717, 1.165) is 58.4 Å². The van der Waals surface area contributed by atoms with Crippen LogP contribution in [0.1, 0.15) is 64.2 Å². The highest BCUT2D eigenvalue weighted by Crippen LogP contribution is 2.50. The van der Waals surface area contributed by atoms with E-state index in [2.05, 4.69) is 25.4 Å². The maximum absolute atomic E-state index is 16.1. The van der Waals surface area contributed by atoms with E-state index in [4.69, 9.17) is 4.74 Å². The third kappa shape index (κ3) is 5.43. The number of ketones is 1. The van der Waals surface area contributed by atoms with Gasteiger partial charge in [0.15, 0.2) is 5.78 Å². The summed E-state index contributed by atoms with van der Waals surface area (Å²) in [4.78, 5) is 36.1. The van der Waals surface area contributed by atoms with Crippen LogP contribution in [-0.2, 0) is 20.9 Å². The van der Waals surface area contributed by atoms with Gasteiger partial charge in [-0.2, -0.15) is 0 Å². The summed E-state index contributed by atoms with van der Waals surface area (Å²) < 4.78 is 25.1. The van der Waals surface area contributed by atoms with Crippen LogP contribution in [-0.4, -0.2) is 100 Å². The molecule has 3 aliphatic heterocycles. The molecule has 0 bridgehead atoms. The summed E-state index contributed by atoms with van der Waals surface area (Å²) in [5.74, 6) is 0.000516. The molecule has 7 rings (SSSR count). The number of aryl methyl sites for hydroxylation is 1. The average Bonchev–Trinajstić information content (AvgIpc) is 3.72. The number of imidazole rings is 1. The van der Waals surface area contributed by atoms with Gasteiger partial charge >= 0.3 is 0 Å². The van der Waals surface area contributed by atoms with Gasteiger partial charge in [-0.25, -0.2) is 9.37 Å². The zero-order valence-corrected chi connectivity index (χ0v) is 24.7. The second-order valence-electron chi connectivity index (χ2n) is 13.6. The lowest BCUT2D eigenvalue weighted by molar-refractivity contribution is -0.220. The van der Waals surface area contributed by atoms with Crippen molar-refractivity contribution in [3.63, 3.8) is 0 Å². The summed E-state index contributed by atoms with van der Waals surface area (Å²) in [6, 6.07) is -0.541. The number of carbonyl (C=O) groups is 2. The van der Waals surface area contributed by atoms with Gasteiger partial charge in [0, 0.05) is 50.7 Å². The predicted molar refractivity (Wildman–Crippen MR) is 156 cm³/mol. The Hall–Kier alpha value is -2.30. The fraction of sp³-hybridized carbons (Fsp3) is 0.781. The van der Waals surface area contributed by atoms with Crippen molar-refractivity contribution in [1.82, 2.24) is 30.0 Å². The van der Waals surface area contributed by atoms with Crippen LogP contribution < -0.4 is 10.6 Å². The van der Waals surface area contributed by atoms with Crippen molar-refractivity contribution in [2.75, 3.05) is 32.7 Å². The number of alkyl halides is 1. The number of fused-ring (bicyclic) bond motifs is 4. The maximum atomic E-state index is 16.1. The normalized spacial score (nSPS) is 37.9. The molecule has 9 unspecified atom stereocenters. The highest BCUT2D eigenvalue weighted by molar-refractivity contribution is 6.20. The molecule has 10 heteroatoms. The van der Waals surface area contributed by atoms with E-state index in [-0.39, 0.29) is 41.9 Å². The standard InChI is InChI=1S/C32H47FN6O3/c33-25-18-23-28-31(27(25)35-12-17-37-13-3-4-14-37)42-30-22-7-2-1-6-21(22)8-9-26(30)39(28)19-24(29(23)40)32(41)36-10-5-15-38-16-11-34-20-38/h11,16,19-23,25-28,30-31,35H,1-10,12-15,17-18H2,(H,36,41). The van der Waals surface area contributed by atoms with Gasteiger partial charge in [0.2, 0.25) is 0 Å². The number of hydrogen-bond donors (Lipinski definition) is 2. The lowest BCUT2D eigenvalue weighted by Gasteiger charge is -2.61. The van der Waals surface area contributed by atoms with Gasteiger partial charge < -0.3 is 29.7 Å². The number of ether oxygens (including phenoxy) is 1. The molecule has 5 fully saturated rings. The number of likely N-dealkylation sites (tertiary alicyclic amines) is 1. The highest BCUT2D eigenvalue weighted by Gasteiger charge is 2.60. The number of rotatable bonds is 9. The summed E-state index contributed by atoms with van der Waals surface area (Å²) in [7, 11) is 0. The number of hydrogen-bond acceptors (Lipinski definition) is 7. The minimum atomic E-state index is -1.19. The van der Waals surface area contributed by atoms with E-state index in [1.807, 2.05) is 17.0 Å². The summed E-state index contributed by atoms with van der Waals surface area (Å²) >= 11 is 0. The number of carbonyl (C=O) groups excluding carboxylic acids is 2. The lowest BCUT2D eigenvalue weighted by Crippen LogP contribution is -2.74. The number of nitrogens with one attached hydrogen (secondary N) is 2. The van der Waals surface area contributed by atoms with Crippen molar-refractivity contribution in [3.8, 4) is 0 Å². The van der Waals surface area contributed by atoms with Crippen molar-refractivity contribution in [2.24, 2.45) is 17.8 Å². The first-order valence-electron chi connectivity index (χ1n) is 16.6. The van der Waals surface area contributed by atoms with Gasteiger partial charge in [-0.05, 0) is 69.9 Å². The van der Waals surface area contributed by atoms with Crippen LogP contribution in [0.2, 0.25) is 0 Å². The van der Waals surface area contributed by atoms with Gasteiger partial charge in [-0.1, -0.05) is 19.3 Å². The molecule has 1 aromatic rings. The third-order valence-electron chi connectivity index (χ3n) is 11.2. The molecule has 4 heterocycles. The second-order valence-corrected chi connectivity index (χ2v) is 13.6. The largest absolute Gasteiger partial charge is 0.369 e. The van der Waals surface area contributed by atoms with Crippen LogP contribution in [0.3, 0.4) is 0 Å². The monoisotopic (exact) mass is 582 g/mol. The molecule has 1 aromatic heterocycles. The van der Waals surface area contributed by atoms with Crippen LogP contribution in [0, 0.1) is 17.8 Å². The zero-order valence-electron chi connectivity index (χ0n) is 24.7. The van der Waals surface area contributed by atoms with Crippen molar-refractivity contribution in [2.45, 2.75) is 107 Å². The Morgan fingerprint density at radius 2 is 1.90 bits per heavy atom. The molecule has 6 aliphatic rings. The molecule has 9 atom stereocenters. The van der Waals surface area contributed by atoms with Crippen LogP contribution >= 0.6 is 0 Å². The number of Topliss-reactive ketones (excluding diaryl/α,β-unsaturated/α-hetero) is 1. The Morgan fingerprint density at radius 3 is 2.74 bits per heavy atom. The summed E-state index contributed by atoms with van der Waals surface area (Å²) in [6.07, 6.45) is 16.1. The zero-order chi connectivity index (χ0) is 28.6. The highest BCUT2D eigenvalue weighted by atomic mass is 19.1. The molecule has 0 aromatic carbocycles. The van der Waals surface area contributed by atoms with Gasteiger partial charge in [0.05, 0.1) is 42.2 Å². The molecule has 42 heavy (non-hydrogen) atoms. The van der Waals surface area contributed by atoms with Gasteiger partial charge in [-0.15, -0.1) is 0 Å². The molecule has 2 N–H and O–H groups in total. The minimum Gasteiger partial charge on any atom is -0.369 e. The number of halogens is 1. The van der Waals surface area contributed by atoms with E-state index in [1.165, 1.54) is 32.1 Å². The van der Waals surface area contributed by atoms with Crippen molar-refractivity contribution in [3.05, 3.63) is 30.5 Å². The Balaban J connectivity index is 1.12. The van der Waals surface area contributed by atoms with E-state index >= 15 is 4.39 Å².